The predicted molar refractivity (Wildman–Crippen MR) is 52.3 cm³/mol. The van der Waals surface area contributed by atoms with Gasteiger partial charge in [-0.05, 0) is 12.3 Å². The zero-order valence-electron chi connectivity index (χ0n) is 8.21. The lowest BCUT2D eigenvalue weighted by Gasteiger charge is -2.25. The molecule has 1 fully saturated rings. The highest BCUT2D eigenvalue weighted by atomic mass is 16.3. The van der Waals surface area contributed by atoms with E-state index in [4.69, 9.17) is 10.2 Å². The van der Waals surface area contributed by atoms with E-state index in [1.165, 1.54) is 32.1 Å². The van der Waals surface area contributed by atoms with Gasteiger partial charge in [-0.25, -0.2) is 0 Å². The van der Waals surface area contributed by atoms with Crippen molar-refractivity contribution in [2.24, 2.45) is 5.92 Å². The van der Waals surface area contributed by atoms with Crippen molar-refractivity contribution in [3.63, 3.8) is 0 Å². The van der Waals surface area contributed by atoms with Crippen LogP contribution in [-0.4, -0.2) is 29.6 Å². The summed E-state index contributed by atoms with van der Waals surface area (Å²) in [5.74, 6) is 0.755. The Morgan fingerprint density at radius 2 is 1.85 bits per heavy atom. The molecule has 0 amide bonds. The van der Waals surface area contributed by atoms with Gasteiger partial charge in [-0.1, -0.05) is 32.1 Å². The number of aliphatic hydroxyl groups excluding tert-OH is 2. The molecule has 0 heterocycles. The summed E-state index contributed by atoms with van der Waals surface area (Å²) in [4.78, 5) is 0. The number of rotatable bonds is 5. The molecule has 3 N–H and O–H groups in total. The smallest absolute Gasteiger partial charge is 0.0934 e. The maximum absolute atomic E-state index is 9.01. The molecule has 0 spiro atoms. The van der Waals surface area contributed by atoms with E-state index in [-0.39, 0.29) is 19.4 Å². The SMILES string of the molecule is OCNC(CO)CC1CCCCC1. The molecule has 0 aromatic heterocycles. The van der Waals surface area contributed by atoms with Gasteiger partial charge < -0.3 is 10.2 Å². The second kappa shape index (κ2) is 6.35. The molecule has 3 heteroatoms. The standard InChI is InChI=1S/C10H21NO2/c12-7-10(11-8-13)6-9-4-2-1-3-5-9/h9-13H,1-8H2. The molecule has 0 radical (unpaired) electrons. The predicted octanol–water partition coefficient (Wildman–Crippen LogP) is 0.857. The van der Waals surface area contributed by atoms with Gasteiger partial charge in [-0.15, -0.1) is 0 Å². The van der Waals surface area contributed by atoms with Crippen molar-refractivity contribution < 1.29 is 10.2 Å². The molecular formula is C10H21NO2. The summed E-state index contributed by atoms with van der Waals surface area (Å²) in [6.45, 7) is 0.106. The van der Waals surface area contributed by atoms with Gasteiger partial charge in [0.25, 0.3) is 0 Å². The third-order valence-corrected chi connectivity index (χ3v) is 2.94. The summed E-state index contributed by atoms with van der Waals surface area (Å²) in [6.07, 6.45) is 7.64. The highest BCUT2D eigenvalue weighted by molar-refractivity contribution is 4.73. The first-order chi connectivity index (χ1) is 6.36. The summed E-state index contributed by atoms with van der Waals surface area (Å²) < 4.78 is 0. The zero-order chi connectivity index (χ0) is 9.52. The second-order valence-electron chi connectivity index (χ2n) is 3.98. The van der Waals surface area contributed by atoms with Crippen molar-refractivity contribution in [3.8, 4) is 0 Å². The van der Waals surface area contributed by atoms with E-state index in [1.807, 2.05) is 0 Å². The van der Waals surface area contributed by atoms with E-state index in [0.29, 0.717) is 0 Å². The molecular weight excluding hydrogens is 166 g/mol. The number of aliphatic hydroxyl groups is 2. The minimum Gasteiger partial charge on any atom is -0.395 e. The van der Waals surface area contributed by atoms with E-state index in [2.05, 4.69) is 5.32 Å². The molecule has 0 aromatic rings. The largest absolute Gasteiger partial charge is 0.395 e. The Bertz CT molecular complexity index is 121. The molecule has 1 unspecified atom stereocenters. The molecule has 0 aliphatic heterocycles. The molecule has 13 heavy (non-hydrogen) atoms. The third-order valence-electron chi connectivity index (χ3n) is 2.94. The number of nitrogens with one attached hydrogen (secondary N) is 1. The van der Waals surface area contributed by atoms with Crippen LogP contribution < -0.4 is 5.32 Å². The maximum atomic E-state index is 9.01. The Morgan fingerprint density at radius 3 is 2.38 bits per heavy atom. The fraction of sp³-hybridized carbons (Fsp3) is 1.00. The summed E-state index contributed by atoms with van der Waals surface area (Å²) >= 11 is 0. The summed E-state index contributed by atoms with van der Waals surface area (Å²) in [5, 5.41) is 20.6. The van der Waals surface area contributed by atoms with Gasteiger partial charge in [0.1, 0.15) is 0 Å². The second-order valence-corrected chi connectivity index (χ2v) is 3.98. The van der Waals surface area contributed by atoms with Crippen LogP contribution >= 0.6 is 0 Å². The average Bonchev–Trinajstić information content (AvgIpc) is 2.19. The maximum Gasteiger partial charge on any atom is 0.0934 e. The molecule has 1 saturated carbocycles. The van der Waals surface area contributed by atoms with Gasteiger partial charge in [0.2, 0.25) is 0 Å². The Hall–Kier alpha value is -0.120. The van der Waals surface area contributed by atoms with Gasteiger partial charge in [-0.3, -0.25) is 5.32 Å². The zero-order valence-corrected chi connectivity index (χ0v) is 8.21. The minimum absolute atomic E-state index is 0.0298. The Kier molecular flexibility index (Phi) is 5.35. The van der Waals surface area contributed by atoms with E-state index >= 15 is 0 Å². The van der Waals surface area contributed by atoms with Gasteiger partial charge in [0.15, 0.2) is 0 Å². The normalized spacial score (nSPS) is 21.7. The van der Waals surface area contributed by atoms with Crippen molar-refractivity contribution >= 4 is 0 Å². The summed E-state index contributed by atoms with van der Waals surface area (Å²) in [5.41, 5.74) is 0. The van der Waals surface area contributed by atoms with E-state index in [9.17, 15) is 0 Å². The van der Waals surface area contributed by atoms with E-state index in [1.54, 1.807) is 0 Å². The van der Waals surface area contributed by atoms with Crippen LogP contribution in [-0.2, 0) is 0 Å². The van der Waals surface area contributed by atoms with Crippen LogP contribution in [0, 0.1) is 5.92 Å². The fourth-order valence-electron chi connectivity index (χ4n) is 2.18. The van der Waals surface area contributed by atoms with Crippen molar-refractivity contribution in [1.82, 2.24) is 5.32 Å². The monoisotopic (exact) mass is 187 g/mol. The molecule has 78 valence electrons. The number of hydrogen-bond acceptors (Lipinski definition) is 3. The van der Waals surface area contributed by atoms with Crippen molar-refractivity contribution in [1.29, 1.82) is 0 Å². The molecule has 0 aromatic carbocycles. The molecule has 1 rings (SSSR count). The topological polar surface area (TPSA) is 52.5 Å². The van der Waals surface area contributed by atoms with E-state index < -0.39 is 0 Å². The molecule has 3 nitrogen and oxygen atoms in total. The highest BCUT2D eigenvalue weighted by Gasteiger charge is 2.17. The quantitative estimate of drug-likeness (QED) is 0.559. The Morgan fingerprint density at radius 1 is 1.15 bits per heavy atom. The van der Waals surface area contributed by atoms with Crippen LogP contribution in [0.15, 0.2) is 0 Å². The number of hydrogen-bond donors (Lipinski definition) is 3. The van der Waals surface area contributed by atoms with Gasteiger partial charge in [0.05, 0.1) is 13.3 Å². The minimum atomic E-state index is -0.0298. The molecule has 1 aliphatic carbocycles. The lowest BCUT2D eigenvalue weighted by Crippen LogP contribution is -2.35. The Labute approximate surface area is 80.2 Å². The van der Waals surface area contributed by atoms with Crippen LogP contribution in [0.3, 0.4) is 0 Å². The fourth-order valence-corrected chi connectivity index (χ4v) is 2.18. The van der Waals surface area contributed by atoms with Crippen molar-refractivity contribution in [3.05, 3.63) is 0 Å². The first-order valence-corrected chi connectivity index (χ1v) is 5.32. The van der Waals surface area contributed by atoms with Gasteiger partial charge >= 0.3 is 0 Å². The lowest BCUT2D eigenvalue weighted by atomic mass is 9.85. The first-order valence-electron chi connectivity index (χ1n) is 5.32. The molecule has 0 saturated heterocycles. The van der Waals surface area contributed by atoms with Crippen LogP contribution in [0.4, 0.5) is 0 Å². The van der Waals surface area contributed by atoms with Gasteiger partial charge in [-0.2, -0.15) is 0 Å². The molecule has 0 bridgehead atoms. The molecule has 1 aliphatic rings. The van der Waals surface area contributed by atoms with Crippen molar-refractivity contribution in [2.45, 2.75) is 44.6 Å². The summed E-state index contributed by atoms with van der Waals surface area (Å²) in [6, 6.07) is 0.0908. The Balaban J connectivity index is 2.18. The average molecular weight is 187 g/mol. The summed E-state index contributed by atoms with van der Waals surface area (Å²) in [7, 11) is 0. The highest BCUT2D eigenvalue weighted by Crippen LogP contribution is 2.27. The van der Waals surface area contributed by atoms with Crippen LogP contribution in [0.5, 0.6) is 0 Å². The third kappa shape index (κ3) is 4.07. The van der Waals surface area contributed by atoms with E-state index in [0.717, 1.165) is 12.3 Å². The first kappa shape index (κ1) is 11.0. The van der Waals surface area contributed by atoms with Crippen LogP contribution in [0.1, 0.15) is 38.5 Å². The molecule has 1 atom stereocenters. The van der Waals surface area contributed by atoms with Crippen molar-refractivity contribution in [2.75, 3.05) is 13.3 Å². The van der Waals surface area contributed by atoms with Crippen LogP contribution in [0.25, 0.3) is 0 Å². The lowest BCUT2D eigenvalue weighted by molar-refractivity contribution is 0.164. The van der Waals surface area contributed by atoms with Crippen LogP contribution in [0.2, 0.25) is 0 Å². The van der Waals surface area contributed by atoms with Gasteiger partial charge in [0, 0.05) is 6.04 Å².